The highest BCUT2D eigenvalue weighted by molar-refractivity contribution is 5.92. The van der Waals surface area contributed by atoms with E-state index in [1.54, 1.807) is 11.0 Å². The Balaban J connectivity index is 1.39. The third-order valence-electron chi connectivity index (χ3n) is 5.90. The van der Waals surface area contributed by atoms with Crippen LogP contribution in [0.2, 0.25) is 0 Å². The summed E-state index contributed by atoms with van der Waals surface area (Å²) in [7, 11) is 1.92. The number of H-pyrrole nitrogens is 1. The van der Waals surface area contributed by atoms with Crippen LogP contribution in [0.25, 0.3) is 22.6 Å². The maximum atomic E-state index is 12.7. The number of rotatable bonds is 5. The van der Waals surface area contributed by atoms with Crippen molar-refractivity contribution in [3.05, 3.63) is 35.7 Å². The number of carbonyl (C=O) groups excluding carboxylic acids is 1. The first-order valence-electron chi connectivity index (χ1n) is 10.6. The van der Waals surface area contributed by atoms with Crippen LogP contribution in [0.3, 0.4) is 0 Å². The van der Waals surface area contributed by atoms with Crippen molar-refractivity contribution in [3.63, 3.8) is 0 Å². The fourth-order valence-corrected chi connectivity index (χ4v) is 4.15. The fraction of sp³-hybridized carbons (Fsp3) is 0.429. The molecule has 1 unspecified atom stereocenters. The van der Waals surface area contributed by atoms with Gasteiger partial charge >= 0.3 is 0 Å². The first-order valence-corrected chi connectivity index (χ1v) is 10.6. The van der Waals surface area contributed by atoms with Crippen LogP contribution in [0.4, 0.5) is 0 Å². The maximum absolute atomic E-state index is 12.7. The third kappa shape index (κ3) is 3.29. The van der Waals surface area contributed by atoms with Crippen LogP contribution in [0, 0.1) is 13.8 Å². The Morgan fingerprint density at radius 2 is 2.16 bits per heavy atom. The zero-order valence-corrected chi connectivity index (χ0v) is 18.5. The molecule has 11 nitrogen and oxygen atoms in total. The number of fused-ring (bicyclic) bond motifs is 1. The maximum Gasteiger partial charge on any atom is 0.274 e. The molecule has 32 heavy (non-hydrogen) atoms. The Morgan fingerprint density at radius 3 is 2.88 bits per heavy atom. The number of hydrogen-bond donors (Lipinski definition) is 1. The zero-order chi connectivity index (χ0) is 22.4. The Hall–Kier alpha value is -3.76. The van der Waals surface area contributed by atoms with Crippen LogP contribution in [0.15, 0.2) is 18.6 Å². The average Bonchev–Trinajstić information content (AvgIpc) is 3.56. The second-order valence-corrected chi connectivity index (χ2v) is 8.02. The molecule has 0 saturated carbocycles. The number of nitrogens with zero attached hydrogens (tertiary/aromatic N) is 8. The SMILES string of the molecule is CCn1ncc(-c2nc3c(OC4CCN(C(=O)c5cc(C)[nH]n5)C4)ncnc3n2C)c1C. The number of ether oxygens (including phenoxy) is 1. The number of amides is 1. The van der Waals surface area contributed by atoms with Gasteiger partial charge in [-0.3, -0.25) is 14.6 Å². The van der Waals surface area contributed by atoms with Gasteiger partial charge in [-0.2, -0.15) is 15.2 Å². The van der Waals surface area contributed by atoms with Gasteiger partial charge in [0, 0.05) is 37.9 Å². The first-order chi connectivity index (χ1) is 15.5. The van der Waals surface area contributed by atoms with Gasteiger partial charge in [0.25, 0.3) is 5.91 Å². The lowest BCUT2D eigenvalue weighted by molar-refractivity contribution is 0.0765. The molecule has 1 saturated heterocycles. The van der Waals surface area contributed by atoms with Crippen molar-refractivity contribution in [2.24, 2.45) is 7.05 Å². The monoisotopic (exact) mass is 435 g/mol. The minimum atomic E-state index is -0.174. The molecule has 0 spiro atoms. The van der Waals surface area contributed by atoms with Gasteiger partial charge in [-0.15, -0.1) is 0 Å². The van der Waals surface area contributed by atoms with Crippen molar-refractivity contribution in [3.8, 4) is 17.3 Å². The summed E-state index contributed by atoms with van der Waals surface area (Å²) in [6.45, 7) is 7.82. The number of aryl methyl sites for hydroxylation is 3. The standard InChI is InChI=1S/C21H25N9O2/c1-5-30-13(3)15(9-24-30)18-25-17-19(28(18)4)22-11-23-20(17)32-14-6-7-29(10-14)21(31)16-8-12(2)26-27-16/h8-9,11,14H,5-7,10H2,1-4H3,(H,26,27). The Morgan fingerprint density at radius 1 is 1.31 bits per heavy atom. The number of imidazole rings is 1. The van der Waals surface area contributed by atoms with E-state index in [2.05, 4.69) is 32.2 Å². The fourth-order valence-electron chi connectivity index (χ4n) is 4.15. The summed E-state index contributed by atoms with van der Waals surface area (Å²) in [4.78, 5) is 28.0. The van der Waals surface area contributed by atoms with Gasteiger partial charge in [0.2, 0.25) is 5.88 Å². The molecule has 0 aliphatic carbocycles. The summed E-state index contributed by atoms with van der Waals surface area (Å²) in [5.41, 5.74) is 4.55. The van der Waals surface area contributed by atoms with Gasteiger partial charge in [-0.1, -0.05) is 0 Å². The molecule has 1 fully saturated rings. The Kier molecular flexibility index (Phi) is 4.87. The molecule has 4 aromatic rings. The second kappa shape index (κ2) is 7.74. The predicted molar refractivity (Wildman–Crippen MR) is 116 cm³/mol. The summed E-state index contributed by atoms with van der Waals surface area (Å²) in [5.74, 6) is 1.09. The summed E-state index contributed by atoms with van der Waals surface area (Å²) >= 11 is 0. The minimum absolute atomic E-state index is 0.100. The average molecular weight is 435 g/mol. The number of likely N-dealkylation sites (tertiary alicyclic amines) is 1. The predicted octanol–water partition coefficient (Wildman–Crippen LogP) is 1.88. The molecule has 5 heterocycles. The Labute approximate surface area is 184 Å². The second-order valence-electron chi connectivity index (χ2n) is 8.02. The van der Waals surface area contributed by atoms with Crippen LogP contribution >= 0.6 is 0 Å². The largest absolute Gasteiger partial charge is 0.471 e. The van der Waals surface area contributed by atoms with Crippen LogP contribution in [0.5, 0.6) is 5.88 Å². The van der Waals surface area contributed by atoms with Crippen molar-refractivity contribution < 1.29 is 9.53 Å². The Bertz CT molecular complexity index is 1300. The van der Waals surface area contributed by atoms with Gasteiger partial charge in [0.15, 0.2) is 11.2 Å². The molecule has 0 aromatic carbocycles. The van der Waals surface area contributed by atoms with Crippen molar-refractivity contribution in [2.75, 3.05) is 13.1 Å². The van der Waals surface area contributed by atoms with Crippen LogP contribution in [-0.4, -0.2) is 69.5 Å². The van der Waals surface area contributed by atoms with E-state index in [0.717, 1.165) is 29.3 Å². The first kappa shape index (κ1) is 20.2. The lowest BCUT2D eigenvalue weighted by Gasteiger charge is -2.15. The highest BCUT2D eigenvalue weighted by Crippen LogP contribution is 2.30. The topological polar surface area (TPSA) is 120 Å². The van der Waals surface area contributed by atoms with E-state index in [1.807, 2.05) is 36.3 Å². The molecule has 1 atom stereocenters. The number of hydrogen-bond acceptors (Lipinski definition) is 7. The molecule has 1 N–H and O–H groups in total. The normalized spacial score (nSPS) is 16.2. The van der Waals surface area contributed by atoms with Crippen LogP contribution < -0.4 is 4.74 Å². The van der Waals surface area contributed by atoms with Crippen LogP contribution in [-0.2, 0) is 13.6 Å². The molecule has 5 rings (SSSR count). The quantitative estimate of drug-likeness (QED) is 0.508. The van der Waals surface area contributed by atoms with E-state index in [0.29, 0.717) is 42.2 Å². The van der Waals surface area contributed by atoms with Gasteiger partial charge in [-0.25, -0.2) is 9.97 Å². The van der Waals surface area contributed by atoms with E-state index >= 15 is 0 Å². The van der Waals surface area contributed by atoms with E-state index < -0.39 is 0 Å². The molecule has 0 bridgehead atoms. The summed E-state index contributed by atoms with van der Waals surface area (Å²) in [6, 6.07) is 1.75. The molecule has 1 aliphatic rings. The minimum Gasteiger partial charge on any atom is -0.471 e. The molecule has 1 amide bonds. The van der Waals surface area contributed by atoms with E-state index in [9.17, 15) is 4.79 Å². The van der Waals surface area contributed by atoms with Crippen molar-refractivity contribution in [1.29, 1.82) is 0 Å². The molecule has 0 radical (unpaired) electrons. The molecule has 166 valence electrons. The molecule has 11 heteroatoms. The lowest BCUT2D eigenvalue weighted by Crippen LogP contribution is -2.31. The summed E-state index contributed by atoms with van der Waals surface area (Å²) < 4.78 is 10.1. The van der Waals surface area contributed by atoms with E-state index in [-0.39, 0.29) is 12.0 Å². The van der Waals surface area contributed by atoms with Gasteiger partial charge < -0.3 is 14.2 Å². The van der Waals surface area contributed by atoms with Gasteiger partial charge in [-0.05, 0) is 26.8 Å². The summed E-state index contributed by atoms with van der Waals surface area (Å²) in [5, 5.41) is 11.3. The van der Waals surface area contributed by atoms with Crippen molar-refractivity contribution in [1.82, 2.24) is 44.4 Å². The van der Waals surface area contributed by atoms with Crippen molar-refractivity contribution in [2.45, 2.75) is 39.8 Å². The molecule has 4 aromatic heterocycles. The number of nitrogens with one attached hydrogen (secondary N) is 1. The van der Waals surface area contributed by atoms with Crippen molar-refractivity contribution >= 4 is 17.1 Å². The molecule has 1 aliphatic heterocycles. The number of carbonyl (C=O) groups is 1. The van der Waals surface area contributed by atoms with Gasteiger partial charge in [0.1, 0.15) is 23.9 Å². The van der Waals surface area contributed by atoms with Gasteiger partial charge in [0.05, 0.1) is 18.3 Å². The van der Waals surface area contributed by atoms with Crippen LogP contribution in [0.1, 0.15) is 35.2 Å². The molecular formula is C21H25N9O2. The highest BCUT2D eigenvalue weighted by atomic mass is 16.5. The zero-order valence-electron chi connectivity index (χ0n) is 18.5. The van der Waals surface area contributed by atoms with E-state index in [4.69, 9.17) is 9.72 Å². The smallest absolute Gasteiger partial charge is 0.274 e. The number of aromatic nitrogens is 8. The third-order valence-corrected chi connectivity index (χ3v) is 5.90. The molecular weight excluding hydrogens is 410 g/mol. The lowest BCUT2D eigenvalue weighted by atomic mass is 10.2. The summed E-state index contributed by atoms with van der Waals surface area (Å²) in [6.07, 6.45) is 3.84. The number of aromatic amines is 1. The highest BCUT2D eigenvalue weighted by Gasteiger charge is 2.30. The van der Waals surface area contributed by atoms with E-state index in [1.165, 1.54) is 6.33 Å².